The third-order valence-corrected chi connectivity index (χ3v) is 3.67. The van der Waals surface area contributed by atoms with Crippen molar-refractivity contribution in [1.82, 2.24) is 20.5 Å². The third-order valence-electron chi connectivity index (χ3n) is 3.67. The molecule has 0 aliphatic carbocycles. The Balaban J connectivity index is 0.00000264. The molecule has 7 heteroatoms. The van der Waals surface area contributed by atoms with Crippen LogP contribution in [0.3, 0.4) is 0 Å². The Bertz CT molecular complexity index is 443. The first kappa shape index (κ1) is 20.1. The highest BCUT2D eigenvalue weighted by Crippen LogP contribution is 2.21. The number of morpholine rings is 1. The number of aromatic nitrogens is 1. The molecule has 0 bridgehead atoms. The molecule has 6 nitrogen and oxygen atoms in total. The minimum atomic E-state index is 0. The van der Waals surface area contributed by atoms with Gasteiger partial charge < -0.3 is 15.4 Å². The summed E-state index contributed by atoms with van der Waals surface area (Å²) in [7, 11) is 0. The van der Waals surface area contributed by atoms with Gasteiger partial charge in [0.25, 0.3) is 0 Å². The summed E-state index contributed by atoms with van der Waals surface area (Å²) in [5, 5.41) is 6.55. The molecule has 1 aromatic rings. The molecule has 0 saturated carbocycles. The Morgan fingerprint density at radius 2 is 2.00 bits per heavy atom. The highest BCUT2D eigenvalue weighted by molar-refractivity contribution is 14.0. The Morgan fingerprint density at radius 3 is 2.57 bits per heavy atom. The standard InChI is InChI=1S/C16H27N5O.HI/c1-3-18-16(19-4-2)20-13-15(14-6-5-7-17-12-14)21-8-10-22-11-9-21;/h5-7,12,15H,3-4,8-11,13H2,1-2H3,(H2,18,19,20);1H. The number of nitrogens with one attached hydrogen (secondary N) is 2. The van der Waals surface area contributed by atoms with Gasteiger partial charge in [0.2, 0.25) is 0 Å². The van der Waals surface area contributed by atoms with E-state index in [0.29, 0.717) is 6.54 Å². The van der Waals surface area contributed by atoms with Crippen LogP contribution >= 0.6 is 24.0 Å². The van der Waals surface area contributed by atoms with E-state index in [4.69, 9.17) is 9.73 Å². The van der Waals surface area contributed by atoms with E-state index in [-0.39, 0.29) is 30.0 Å². The summed E-state index contributed by atoms with van der Waals surface area (Å²) in [5.74, 6) is 0.868. The van der Waals surface area contributed by atoms with Gasteiger partial charge in [-0.2, -0.15) is 0 Å². The summed E-state index contributed by atoms with van der Waals surface area (Å²) in [6, 6.07) is 4.36. The lowest BCUT2D eigenvalue weighted by atomic mass is 10.1. The normalized spacial score (nSPS) is 16.1. The Labute approximate surface area is 156 Å². The number of hydrogen-bond donors (Lipinski definition) is 2. The molecule has 1 aliphatic heterocycles. The fraction of sp³-hybridized carbons (Fsp3) is 0.625. The van der Waals surface area contributed by atoms with Crippen LogP contribution in [0.2, 0.25) is 0 Å². The molecule has 0 spiro atoms. The van der Waals surface area contributed by atoms with Crippen LogP contribution in [0, 0.1) is 0 Å². The second-order valence-electron chi connectivity index (χ2n) is 5.20. The van der Waals surface area contributed by atoms with Gasteiger partial charge in [-0.05, 0) is 25.5 Å². The van der Waals surface area contributed by atoms with Gasteiger partial charge in [0.15, 0.2) is 5.96 Å². The minimum Gasteiger partial charge on any atom is -0.379 e. The lowest BCUT2D eigenvalue weighted by Gasteiger charge is -2.33. The number of halogens is 1. The first-order valence-electron chi connectivity index (χ1n) is 8.09. The third kappa shape index (κ3) is 6.60. The van der Waals surface area contributed by atoms with E-state index in [2.05, 4.69) is 40.4 Å². The van der Waals surface area contributed by atoms with Gasteiger partial charge >= 0.3 is 0 Å². The molecule has 1 fully saturated rings. The highest BCUT2D eigenvalue weighted by atomic mass is 127. The summed E-state index contributed by atoms with van der Waals surface area (Å²) < 4.78 is 5.47. The monoisotopic (exact) mass is 433 g/mol. The zero-order chi connectivity index (χ0) is 15.6. The summed E-state index contributed by atoms with van der Waals surface area (Å²) in [6.07, 6.45) is 3.75. The predicted octanol–water partition coefficient (Wildman–Crippen LogP) is 1.65. The van der Waals surface area contributed by atoms with Crippen molar-refractivity contribution in [2.24, 2.45) is 4.99 Å². The van der Waals surface area contributed by atoms with Gasteiger partial charge in [-0.3, -0.25) is 14.9 Å². The number of hydrogen-bond acceptors (Lipinski definition) is 4. The largest absolute Gasteiger partial charge is 0.379 e. The number of pyridine rings is 1. The molecule has 1 unspecified atom stereocenters. The van der Waals surface area contributed by atoms with Gasteiger partial charge in [-0.25, -0.2) is 0 Å². The highest BCUT2D eigenvalue weighted by Gasteiger charge is 2.22. The topological polar surface area (TPSA) is 61.8 Å². The number of guanidine groups is 1. The van der Waals surface area contributed by atoms with Crippen molar-refractivity contribution in [3.8, 4) is 0 Å². The summed E-state index contributed by atoms with van der Waals surface area (Å²) >= 11 is 0. The van der Waals surface area contributed by atoms with Crippen LogP contribution < -0.4 is 10.6 Å². The average Bonchev–Trinajstić information content (AvgIpc) is 2.57. The van der Waals surface area contributed by atoms with Crippen LogP contribution in [0.4, 0.5) is 0 Å². The summed E-state index contributed by atoms with van der Waals surface area (Å²) in [4.78, 5) is 11.4. The quantitative estimate of drug-likeness (QED) is 0.406. The van der Waals surface area contributed by atoms with E-state index in [1.807, 2.05) is 18.5 Å². The molecule has 1 atom stereocenters. The van der Waals surface area contributed by atoms with Crippen LogP contribution in [0.25, 0.3) is 0 Å². The van der Waals surface area contributed by atoms with Gasteiger partial charge in [0, 0.05) is 38.6 Å². The van der Waals surface area contributed by atoms with Gasteiger partial charge in [-0.15, -0.1) is 24.0 Å². The predicted molar refractivity (Wildman–Crippen MR) is 104 cm³/mol. The van der Waals surface area contributed by atoms with Crippen LogP contribution in [0.1, 0.15) is 25.5 Å². The van der Waals surface area contributed by atoms with Crippen LogP contribution in [0.5, 0.6) is 0 Å². The SMILES string of the molecule is CCNC(=NCC(c1cccnc1)N1CCOCC1)NCC.I. The van der Waals surface area contributed by atoms with E-state index in [0.717, 1.165) is 45.4 Å². The molecule has 1 aliphatic rings. The van der Waals surface area contributed by atoms with Gasteiger partial charge in [0.05, 0.1) is 25.8 Å². The number of ether oxygens (including phenoxy) is 1. The van der Waals surface area contributed by atoms with Crippen molar-refractivity contribution in [2.75, 3.05) is 45.9 Å². The fourth-order valence-corrected chi connectivity index (χ4v) is 2.58. The van der Waals surface area contributed by atoms with Crippen molar-refractivity contribution in [3.63, 3.8) is 0 Å². The maximum absolute atomic E-state index is 5.47. The summed E-state index contributed by atoms with van der Waals surface area (Å²) in [6.45, 7) is 10.0. The van der Waals surface area contributed by atoms with Crippen molar-refractivity contribution >= 4 is 29.9 Å². The number of nitrogens with zero attached hydrogens (tertiary/aromatic N) is 3. The molecule has 0 amide bonds. The second kappa shape index (κ2) is 11.6. The zero-order valence-electron chi connectivity index (χ0n) is 14.0. The Kier molecular flexibility index (Phi) is 10.1. The molecular weight excluding hydrogens is 405 g/mol. The van der Waals surface area contributed by atoms with Crippen LogP contribution in [-0.4, -0.2) is 61.8 Å². The molecule has 130 valence electrons. The lowest BCUT2D eigenvalue weighted by molar-refractivity contribution is 0.0179. The Morgan fingerprint density at radius 1 is 1.30 bits per heavy atom. The molecule has 0 radical (unpaired) electrons. The molecule has 0 aromatic carbocycles. The van der Waals surface area contributed by atoms with Crippen molar-refractivity contribution in [3.05, 3.63) is 30.1 Å². The molecule has 1 saturated heterocycles. The second-order valence-corrected chi connectivity index (χ2v) is 5.20. The van der Waals surface area contributed by atoms with Gasteiger partial charge in [0.1, 0.15) is 0 Å². The van der Waals surface area contributed by atoms with E-state index in [1.165, 1.54) is 5.56 Å². The smallest absolute Gasteiger partial charge is 0.191 e. The number of aliphatic imine (C=N–C) groups is 1. The van der Waals surface area contributed by atoms with Crippen molar-refractivity contribution < 1.29 is 4.74 Å². The maximum atomic E-state index is 5.47. The minimum absolute atomic E-state index is 0. The van der Waals surface area contributed by atoms with Crippen LogP contribution in [-0.2, 0) is 4.74 Å². The molecule has 23 heavy (non-hydrogen) atoms. The van der Waals surface area contributed by atoms with Crippen molar-refractivity contribution in [1.29, 1.82) is 0 Å². The summed E-state index contributed by atoms with van der Waals surface area (Å²) in [5.41, 5.74) is 1.21. The first-order valence-corrected chi connectivity index (χ1v) is 8.09. The molecule has 1 aromatic heterocycles. The maximum Gasteiger partial charge on any atom is 0.191 e. The molecule has 2 heterocycles. The van der Waals surface area contributed by atoms with Gasteiger partial charge in [-0.1, -0.05) is 6.07 Å². The molecular formula is C16H28IN5O. The van der Waals surface area contributed by atoms with E-state index in [9.17, 15) is 0 Å². The fourth-order valence-electron chi connectivity index (χ4n) is 2.58. The lowest BCUT2D eigenvalue weighted by Crippen LogP contribution is -2.41. The van der Waals surface area contributed by atoms with Crippen LogP contribution in [0.15, 0.2) is 29.5 Å². The molecule has 2 rings (SSSR count). The molecule has 2 N–H and O–H groups in total. The van der Waals surface area contributed by atoms with Crippen molar-refractivity contribution in [2.45, 2.75) is 19.9 Å². The Hall–Kier alpha value is -0.930. The number of rotatable bonds is 6. The first-order chi connectivity index (χ1) is 10.8. The van der Waals surface area contributed by atoms with E-state index >= 15 is 0 Å². The average molecular weight is 433 g/mol. The van der Waals surface area contributed by atoms with E-state index in [1.54, 1.807) is 0 Å². The van der Waals surface area contributed by atoms with E-state index < -0.39 is 0 Å². The zero-order valence-corrected chi connectivity index (χ0v) is 16.3.